The zero-order chi connectivity index (χ0) is 16.4. The molecule has 2 aromatic rings. The lowest BCUT2D eigenvalue weighted by Crippen LogP contribution is -2.39. The van der Waals surface area contributed by atoms with Crippen molar-refractivity contribution >= 4 is 5.91 Å². The fraction of sp³-hybridized carbons (Fsp3) is 0.529. The number of aryl methyl sites for hydroxylation is 3. The molecule has 1 fully saturated rings. The van der Waals surface area contributed by atoms with Gasteiger partial charge in [0.15, 0.2) is 0 Å². The number of rotatable bonds is 3. The van der Waals surface area contributed by atoms with Gasteiger partial charge in [-0.3, -0.25) is 4.79 Å². The molecule has 6 heteroatoms. The molecular weight excluding hydrogens is 292 g/mol. The maximum Gasteiger partial charge on any atom is 0.259 e. The third-order valence-corrected chi connectivity index (χ3v) is 4.41. The normalized spacial score (nSPS) is 18.2. The smallest absolute Gasteiger partial charge is 0.259 e. The molecule has 1 saturated heterocycles. The summed E-state index contributed by atoms with van der Waals surface area (Å²) >= 11 is 0. The molecular formula is C17H22N4O2. The van der Waals surface area contributed by atoms with E-state index < -0.39 is 0 Å². The van der Waals surface area contributed by atoms with Gasteiger partial charge in [-0.1, -0.05) is 12.1 Å². The van der Waals surface area contributed by atoms with Crippen molar-refractivity contribution in [1.82, 2.24) is 20.0 Å². The molecule has 6 nitrogen and oxygen atoms in total. The van der Waals surface area contributed by atoms with Crippen molar-refractivity contribution in [3.05, 3.63) is 40.8 Å². The lowest BCUT2D eigenvalue weighted by molar-refractivity contribution is 0.0703. The van der Waals surface area contributed by atoms with E-state index in [0.29, 0.717) is 24.3 Å². The van der Waals surface area contributed by atoms with E-state index >= 15 is 0 Å². The highest BCUT2D eigenvalue weighted by atomic mass is 16.5. The van der Waals surface area contributed by atoms with Gasteiger partial charge in [-0.15, -0.1) is 0 Å². The van der Waals surface area contributed by atoms with Crippen molar-refractivity contribution in [3.8, 4) is 0 Å². The Morgan fingerprint density at radius 3 is 3.00 bits per heavy atom. The first-order chi connectivity index (χ1) is 11.1. The van der Waals surface area contributed by atoms with Gasteiger partial charge >= 0.3 is 0 Å². The molecule has 0 radical (unpaired) electrons. The Kier molecular flexibility index (Phi) is 4.41. The molecule has 1 amide bonds. The number of hydrogen-bond donors (Lipinski definition) is 0. The van der Waals surface area contributed by atoms with Gasteiger partial charge in [0.25, 0.3) is 5.91 Å². The number of aromatic nitrogens is 3. The van der Waals surface area contributed by atoms with Crippen LogP contribution >= 0.6 is 0 Å². The maximum atomic E-state index is 12.9. The number of piperidine rings is 1. The van der Waals surface area contributed by atoms with E-state index in [9.17, 15) is 4.79 Å². The zero-order valence-corrected chi connectivity index (χ0v) is 13.9. The van der Waals surface area contributed by atoms with Crippen molar-refractivity contribution in [2.75, 3.05) is 13.1 Å². The van der Waals surface area contributed by atoms with Gasteiger partial charge < -0.3 is 9.42 Å². The molecule has 0 aliphatic carbocycles. The molecule has 3 rings (SSSR count). The highest BCUT2D eigenvalue weighted by Crippen LogP contribution is 2.27. The number of carbonyl (C=O) groups excluding carboxylic acids is 1. The first kappa shape index (κ1) is 15.6. The van der Waals surface area contributed by atoms with Gasteiger partial charge in [-0.2, -0.15) is 0 Å². The van der Waals surface area contributed by atoms with Crippen molar-refractivity contribution < 1.29 is 9.32 Å². The molecule has 1 atom stereocenters. The minimum absolute atomic E-state index is 0.0241. The largest absolute Gasteiger partial charge is 0.361 e. The highest BCUT2D eigenvalue weighted by molar-refractivity contribution is 5.96. The van der Waals surface area contributed by atoms with E-state index in [4.69, 9.17) is 4.52 Å². The molecule has 122 valence electrons. The molecule has 2 aromatic heterocycles. The Morgan fingerprint density at radius 1 is 1.43 bits per heavy atom. The summed E-state index contributed by atoms with van der Waals surface area (Å²) in [6.45, 7) is 7.13. The molecule has 0 unspecified atom stereocenters. The van der Waals surface area contributed by atoms with Crippen molar-refractivity contribution in [2.45, 2.75) is 46.0 Å². The lowest BCUT2D eigenvalue weighted by Gasteiger charge is -2.32. The average Bonchev–Trinajstić information content (AvgIpc) is 2.95. The van der Waals surface area contributed by atoms with Gasteiger partial charge in [0.2, 0.25) is 0 Å². The second-order valence-electron chi connectivity index (χ2n) is 6.03. The van der Waals surface area contributed by atoms with E-state index in [2.05, 4.69) is 15.1 Å². The summed E-state index contributed by atoms with van der Waals surface area (Å²) in [5, 5.41) is 4.00. The predicted octanol–water partition coefficient (Wildman–Crippen LogP) is 2.66. The standard InChI is InChI=1S/C17H22N4O2/c1-4-14-16(11(2)23-20-14)17(22)21-9-5-6-13(10-21)15-7-8-18-12(3)19-15/h7-8,13H,4-6,9-10H2,1-3H3/t13-/m0/s1. The maximum absolute atomic E-state index is 12.9. The quantitative estimate of drug-likeness (QED) is 0.871. The third kappa shape index (κ3) is 3.11. The van der Waals surface area contributed by atoms with Crippen LogP contribution in [0.2, 0.25) is 0 Å². The molecule has 1 aliphatic rings. The van der Waals surface area contributed by atoms with Crippen LogP contribution in [0.1, 0.15) is 59.0 Å². The minimum Gasteiger partial charge on any atom is -0.361 e. The van der Waals surface area contributed by atoms with E-state index in [1.807, 2.05) is 24.8 Å². The third-order valence-electron chi connectivity index (χ3n) is 4.41. The van der Waals surface area contributed by atoms with Crippen molar-refractivity contribution in [3.63, 3.8) is 0 Å². The van der Waals surface area contributed by atoms with Crippen LogP contribution in [0.5, 0.6) is 0 Å². The topological polar surface area (TPSA) is 72.1 Å². The second kappa shape index (κ2) is 6.48. The average molecular weight is 314 g/mol. The van der Waals surface area contributed by atoms with Crippen LogP contribution in [0.15, 0.2) is 16.8 Å². The summed E-state index contributed by atoms with van der Waals surface area (Å²) < 4.78 is 5.21. The Bertz CT molecular complexity index is 710. The summed E-state index contributed by atoms with van der Waals surface area (Å²) in [6, 6.07) is 1.95. The summed E-state index contributed by atoms with van der Waals surface area (Å²) in [6.07, 6.45) is 4.51. The molecule has 1 aliphatic heterocycles. The lowest BCUT2D eigenvalue weighted by atomic mass is 9.94. The summed E-state index contributed by atoms with van der Waals surface area (Å²) in [5.41, 5.74) is 2.40. The number of carbonyl (C=O) groups is 1. The number of nitrogens with zero attached hydrogens (tertiary/aromatic N) is 4. The fourth-order valence-corrected chi connectivity index (χ4v) is 3.20. The van der Waals surface area contributed by atoms with Gasteiger partial charge in [0, 0.05) is 30.9 Å². The monoisotopic (exact) mass is 314 g/mol. The van der Waals surface area contributed by atoms with Crippen LogP contribution in [-0.4, -0.2) is 39.0 Å². The van der Waals surface area contributed by atoms with Crippen LogP contribution in [-0.2, 0) is 6.42 Å². The van der Waals surface area contributed by atoms with Crippen LogP contribution in [0.25, 0.3) is 0 Å². The van der Waals surface area contributed by atoms with Gasteiger partial charge in [0.05, 0.1) is 5.69 Å². The second-order valence-corrected chi connectivity index (χ2v) is 6.03. The Labute approximate surface area is 135 Å². The van der Waals surface area contributed by atoms with Gasteiger partial charge in [-0.05, 0) is 39.2 Å². The van der Waals surface area contributed by atoms with Gasteiger partial charge in [-0.25, -0.2) is 9.97 Å². The Morgan fingerprint density at radius 2 is 2.26 bits per heavy atom. The highest BCUT2D eigenvalue weighted by Gasteiger charge is 2.30. The molecule has 0 bridgehead atoms. The molecule has 23 heavy (non-hydrogen) atoms. The summed E-state index contributed by atoms with van der Waals surface area (Å²) in [4.78, 5) is 23.5. The van der Waals surface area contributed by atoms with Crippen molar-refractivity contribution in [2.24, 2.45) is 0 Å². The van der Waals surface area contributed by atoms with E-state index in [-0.39, 0.29) is 11.8 Å². The Balaban J connectivity index is 1.81. The van der Waals surface area contributed by atoms with Gasteiger partial charge in [0.1, 0.15) is 17.1 Å². The predicted molar refractivity (Wildman–Crippen MR) is 85.3 cm³/mol. The van der Waals surface area contributed by atoms with E-state index in [1.165, 1.54) is 0 Å². The first-order valence-corrected chi connectivity index (χ1v) is 8.14. The number of amides is 1. The number of hydrogen-bond acceptors (Lipinski definition) is 5. The van der Waals surface area contributed by atoms with Crippen LogP contribution in [0.4, 0.5) is 0 Å². The molecule has 0 saturated carbocycles. The van der Waals surface area contributed by atoms with E-state index in [1.54, 1.807) is 13.1 Å². The zero-order valence-electron chi connectivity index (χ0n) is 13.9. The Hall–Kier alpha value is -2.24. The molecule has 0 N–H and O–H groups in total. The summed E-state index contributed by atoms with van der Waals surface area (Å²) in [7, 11) is 0. The fourth-order valence-electron chi connectivity index (χ4n) is 3.20. The van der Waals surface area contributed by atoms with Crippen LogP contribution < -0.4 is 0 Å². The van der Waals surface area contributed by atoms with E-state index in [0.717, 1.165) is 36.6 Å². The molecule has 0 spiro atoms. The minimum atomic E-state index is 0.0241. The summed E-state index contributed by atoms with van der Waals surface area (Å²) in [5.74, 6) is 1.66. The molecule has 3 heterocycles. The van der Waals surface area contributed by atoms with Crippen LogP contribution in [0, 0.1) is 13.8 Å². The molecule has 0 aromatic carbocycles. The SMILES string of the molecule is CCc1noc(C)c1C(=O)N1CCC[C@H](c2ccnc(C)n2)C1. The van der Waals surface area contributed by atoms with Crippen LogP contribution in [0.3, 0.4) is 0 Å². The first-order valence-electron chi connectivity index (χ1n) is 8.14. The van der Waals surface area contributed by atoms with Crippen molar-refractivity contribution in [1.29, 1.82) is 0 Å². The number of likely N-dealkylation sites (tertiary alicyclic amines) is 1.